The molecule has 24 heavy (non-hydrogen) atoms. The van der Waals surface area contributed by atoms with Gasteiger partial charge >= 0.3 is 0 Å². The molecule has 2 heterocycles. The zero-order valence-electron chi connectivity index (χ0n) is 13.2. The van der Waals surface area contributed by atoms with Crippen molar-refractivity contribution in [1.82, 2.24) is 4.57 Å². The Bertz CT molecular complexity index is 965. The second kappa shape index (κ2) is 6.12. The SMILES string of the molecule is N#C/C=C/c1ccc2c(c1)c1ccccc1n2C1CCC(CO)O1. The van der Waals surface area contributed by atoms with Gasteiger partial charge in [0.15, 0.2) is 0 Å². The summed E-state index contributed by atoms with van der Waals surface area (Å²) in [6.45, 7) is 0.0662. The fraction of sp³-hybridized carbons (Fsp3) is 0.250. The third-order valence-corrected chi connectivity index (χ3v) is 4.66. The number of rotatable bonds is 3. The van der Waals surface area contributed by atoms with Gasteiger partial charge in [0.25, 0.3) is 0 Å². The zero-order chi connectivity index (χ0) is 16.5. The second-order valence-electron chi connectivity index (χ2n) is 6.10. The highest BCUT2D eigenvalue weighted by atomic mass is 16.5. The molecule has 2 unspecified atom stereocenters. The van der Waals surface area contributed by atoms with Crippen LogP contribution < -0.4 is 0 Å². The minimum atomic E-state index is -0.0796. The van der Waals surface area contributed by atoms with Gasteiger partial charge in [-0.3, -0.25) is 0 Å². The van der Waals surface area contributed by atoms with Gasteiger partial charge in [-0.25, -0.2) is 0 Å². The normalized spacial score (nSPS) is 21.0. The molecule has 4 rings (SSSR count). The number of ether oxygens (including phenoxy) is 1. The van der Waals surface area contributed by atoms with Crippen LogP contribution in [0.5, 0.6) is 0 Å². The average Bonchev–Trinajstić information content (AvgIpc) is 3.21. The van der Waals surface area contributed by atoms with Crippen LogP contribution in [0.2, 0.25) is 0 Å². The fourth-order valence-corrected chi connectivity index (χ4v) is 3.58. The fourth-order valence-electron chi connectivity index (χ4n) is 3.58. The summed E-state index contributed by atoms with van der Waals surface area (Å²) < 4.78 is 8.26. The Balaban J connectivity index is 1.92. The van der Waals surface area contributed by atoms with Gasteiger partial charge in [0.1, 0.15) is 6.23 Å². The molecule has 0 bridgehead atoms. The Labute approximate surface area is 140 Å². The minimum absolute atomic E-state index is 0.0509. The van der Waals surface area contributed by atoms with Crippen molar-refractivity contribution in [2.45, 2.75) is 25.2 Å². The number of aliphatic hydroxyl groups excluding tert-OH is 1. The van der Waals surface area contributed by atoms with E-state index in [2.05, 4.69) is 28.8 Å². The summed E-state index contributed by atoms with van der Waals surface area (Å²) in [4.78, 5) is 0. The van der Waals surface area contributed by atoms with Gasteiger partial charge in [-0.05, 0) is 42.7 Å². The van der Waals surface area contributed by atoms with E-state index in [1.54, 1.807) is 0 Å². The first kappa shape index (κ1) is 14.9. The lowest BCUT2D eigenvalue weighted by molar-refractivity contribution is -0.0183. The van der Waals surface area contributed by atoms with Crippen molar-refractivity contribution in [3.63, 3.8) is 0 Å². The van der Waals surface area contributed by atoms with Crippen molar-refractivity contribution < 1.29 is 9.84 Å². The Kier molecular flexibility index (Phi) is 3.81. The van der Waals surface area contributed by atoms with Crippen molar-refractivity contribution >= 4 is 27.9 Å². The highest BCUT2D eigenvalue weighted by Gasteiger charge is 2.28. The zero-order valence-corrected chi connectivity index (χ0v) is 13.2. The summed E-state index contributed by atoms with van der Waals surface area (Å²) in [6.07, 6.45) is 4.95. The van der Waals surface area contributed by atoms with E-state index in [1.165, 1.54) is 11.5 Å². The Morgan fingerprint density at radius 2 is 2.00 bits per heavy atom. The number of fused-ring (bicyclic) bond motifs is 3. The Morgan fingerprint density at radius 3 is 2.79 bits per heavy atom. The largest absolute Gasteiger partial charge is 0.394 e. The molecule has 0 aliphatic carbocycles. The maximum Gasteiger partial charge on any atom is 0.135 e. The number of hydrogen-bond acceptors (Lipinski definition) is 3. The molecular weight excluding hydrogens is 300 g/mol. The van der Waals surface area contributed by atoms with Crippen LogP contribution in [0.15, 0.2) is 48.5 Å². The van der Waals surface area contributed by atoms with Crippen molar-refractivity contribution in [3.05, 3.63) is 54.1 Å². The van der Waals surface area contributed by atoms with E-state index in [0.29, 0.717) is 0 Å². The number of nitrogens with zero attached hydrogens (tertiary/aromatic N) is 2. The lowest BCUT2D eigenvalue weighted by Gasteiger charge is -2.17. The highest BCUT2D eigenvalue weighted by molar-refractivity contribution is 6.08. The molecule has 1 aliphatic heterocycles. The van der Waals surface area contributed by atoms with Crippen LogP contribution in [0, 0.1) is 11.3 Å². The number of para-hydroxylation sites is 1. The van der Waals surface area contributed by atoms with Gasteiger partial charge in [0.05, 0.1) is 29.8 Å². The Hall–Kier alpha value is -2.61. The molecule has 120 valence electrons. The van der Waals surface area contributed by atoms with Crippen molar-refractivity contribution in [2.24, 2.45) is 0 Å². The van der Waals surface area contributed by atoms with E-state index in [1.807, 2.05) is 30.3 Å². The molecule has 1 saturated heterocycles. The first-order valence-corrected chi connectivity index (χ1v) is 8.17. The smallest absolute Gasteiger partial charge is 0.135 e. The summed E-state index contributed by atoms with van der Waals surface area (Å²) in [6, 6.07) is 16.5. The Morgan fingerprint density at radius 1 is 1.17 bits per heavy atom. The van der Waals surface area contributed by atoms with Crippen LogP contribution in [-0.2, 0) is 4.74 Å². The average molecular weight is 318 g/mol. The molecule has 0 spiro atoms. The van der Waals surface area contributed by atoms with Crippen LogP contribution in [0.3, 0.4) is 0 Å². The van der Waals surface area contributed by atoms with Crippen molar-refractivity contribution in [3.8, 4) is 6.07 Å². The molecule has 0 radical (unpaired) electrons. The number of allylic oxidation sites excluding steroid dienone is 1. The van der Waals surface area contributed by atoms with Crippen LogP contribution in [0.25, 0.3) is 27.9 Å². The summed E-state index contributed by atoms with van der Waals surface area (Å²) >= 11 is 0. The maximum atomic E-state index is 9.36. The van der Waals surface area contributed by atoms with E-state index in [0.717, 1.165) is 34.8 Å². The third-order valence-electron chi connectivity index (χ3n) is 4.66. The van der Waals surface area contributed by atoms with Crippen LogP contribution in [0.4, 0.5) is 0 Å². The van der Waals surface area contributed by atoms with Crippen molar-refractivity contribution in [1.29, 1.82) is 5.26 Å². The van der Waals surface area contributed by atoms with Gasteiger partial charge in [0.2, 0.25) is 0 Å². The maximum absolute atomic E-state index is 9.36. The van der Waals surface area contributed by atoms with E-state index in [4.69, 9.17) is 10.00 Å². The summed E-state index contributed by atoms with van der Waals surface area (Å²) in [5.41, 5.74) is 3.26. The van der Waals surface area contributed by atoms with Crippen LogP contribution in [0.1, 0.15) is 24.6 Å². The number of benzene rings is 2. The molecule has 3 aromatic rings. The van der Waals surface area contributed by atoms with Gasteiger partial charge in [-0.2, -0.15) is 5.26 Å². The molecule has 2 atom stereocenters. The van der Waals surface area contributed by atoms with Crippen molar-refractivity contribution in [2.75, 3.05) is 6.61 Å². The minimum Gasteiger partial charge on any atom is -0.394 e. The van der Waals surface area contributed by atoms with E-state index in [9.17, 15) is 5.11 Å². The van der Waals surface area contributed by atoms with E-state index in [-0.39, 0.29) is 18.9 Å². The standard InChI is InChI=1S/C20H18N2O2/c21-11-3-4-14-7-9-19-17(12-14)16-5-1-2-6-18(16)22(19)20-10-8-15(13-23)24-20/h1-7,9,12,15,20,23H,8,10,13H2/b4-3+. The second-order valence-corrected chi connectivity index (χ2v) is 6.10. The van der Waals surface area contributed by atoms with Crippen LogP contribution in [-0.4, -0.2) is 22.4 Å². The number of aromatic nitrogens is 1. The molecule has 1 aliphatic rings. The predicted molar refractivity (Wildman–Crippen MR) is 94.3 cm³/mol. The van der Waals surface area contributed by atoms with Gasteiger partial charge in [0, 0.05) is 16.8 Å². The summed E-state index contributed by atoms with van der Waals surface area (Å²) in [5, 5.41) is 20.4. The summed E-state index contributed by atoms with van der Waals surface area (Å²) in [7, 11) is 0. The molecule has 1 fully saturated rings. The quantitative estimate of drug-likeness (QED) is 0.743. The topological polar surface area (TPSA) is 58.2 Å². The number of nitriles is 1. The first-order valence-electron chi connectivity index (χ1n) is 8.17. The molecular formula is C20H18N2O2. The summed E-state index contributed by atoms with van der Waals surface area (Å²) in [5.74, 6) is 0. The molecule has 0 saturated carbocycles. The predicted octanol–water partition coefficient (Wildman–Crippen LogP) is 4.00. The first-order chi connectivity index (χ1) is 11.8. The van der Waals surface area contributed by atoms with Crippen LogP contribution >= 0.6 is 0 Å². The molecule has 4 nitrogen and oxygen atoms in total. The van der Waals surface area contributed by atoms with E-state index < -0.39 is 0 Å². The number of hydrogen-bond donors (Lipinski definition) is 1. The lowest BCUT2D eigenvalue weighted by Crippen LogP contribution is -2.14. The van der Waals surface area contributed by atoms with Gasteiger partial charge in [-0.15, -0.1) is 0 Å². The molecule has 1 aromatic heterocycles. The monoisotopic (exact) mass is 318 g/mol. The lowest BCUT2D eigenvalue weighted by atomic mass is 10.1. The molecule has 4 heteroatoms. The molecule has 0 amide bonds. The molecule has 2 aromatic carbocycles. The molecule has 1 N–H and O–H groups in total. The third kappa shape index (κ3) is 2.39. The van der Waals surface area contributed by atoms with E-state index >= 15 is 0 Å². The number of aliphatic hydroxyl groups is 1. The van der Waals surface area contributed by atoms with Gasteiger partial charge < -0.3 is 14.4 Å². The highest BCUT2D eigenvalue weighted by Crippen LogP contribution is 2.37. The van der Waals surface area contributed by atoms with Gasteiger partial charge in [-0.1, -0.05) is 24.3 Å².